The van der Waals surface area contributed by atoms with Crippen molar-refractivity contribution in [3.05, 3.63) is 41.5 Å². The zero-order valence-electron chi connectivity index (χ0n) is 21.4. The molecule has 0 spiro atoms. The summed E-state index contributed by atoms with van der Waals surface area (Å²) in [5.41, 5.74) is 5.29. The number of carbonyl (C=O) groups is 4. The van der Waals surface area contributed by atoms with Crippen molar-refractivity contribution in [1.82, 2.24) is 19.4 Å². The number of rotatable bonds is 11. The summed E-state index contributed by atoms with van der Waals surface area (Å²) in [5.74, 6) is -2.40. The van der Waals surface area contributed by atoms with Crippen LogP contribution in [-0.2, 0) is 32.1 Å². The third-order valence-corrected chi connectivity index (χ3v) is 8.87. The molecule has 0 radical (unpaired) electrons. The van der Waals surface area contributed by atoms with Crippen molar-refractivity contribution in [2.75, 3.05) is 13.2 Å². The van der Waals surface area contributed by atoms with Crippen molar-refractivity contribution >= 4 is 35.6 Å². The van der Waals surface area contributed by atoms with Gasteiger partial charge in [-0.05, 0) is 19.8 Å². The molecule has 4 heterocycles. The fourth-order valence-electron chi connectivity index (χ4n) is 5.68. The second-order valence-corrected chi connectivity index (χ2v) is 11.2. The Hall–Kier alpha value is -3.32. The average Bonchev–Trinajstić information content (AvgIpc) is 3.51. The molecule has 3 aliphatic heterocycles. The van der Waals surface area contributed by atoms with Gasteiger partial charge in [-0.2, -0.15) is 0 Å². The summed E-state index contributed by atoms with van der Waals surface area (Å²) < 4.78 is 7.14. The van der Waals surface area contributed by atoms with Gasteiger partial charge in [-0.1, -0.05) is 19.6 Å². The Kier molecular flexibility index (Phi) is 8.16. The SMILES string of the molecule is C=CCOC(=O)N1C[C@@H](SC2=C(C(=O)O)N3C(=O)[C@H]([C@@H](C)O)[C@H]3[C@H]2C)C[C@@H]1CCn1ccnc1CC(N)=O. The first kappa shape index (κ1) is 27.7. The lowest BCUT2D eigenvalue weighted by molar-refractivity contribution is -0.163. The molecule has 2 fully saturated rings. The molecule has 13 heteroatoms. The Morgan fingerprint density at radius 1 is 1.39 bits per heavy atom. The van der Waals surface area contributed by atoms with Crippen LogP contribution in [0, 0.1) is 11.8 Å². The summed E-state index contributed by atoms with van der Waals surface area (Å²) in [5, 5.41) is 19.9. The second kappa shape index (κ2) is 11.2. The van der Waals surface area contributed by atoms with Crippen LogP contribution in [0.15, 0.2) is 35.7 Å². The number of carboxylic acids is 1. The normalized spacial score (nSPS) is 27.2. The number of nitrogens with zero attached hydrogens (tertiary/aromatic N) is 4. The predicted octanol–water partition coefficient (Wildman–Crippen LogP) is 0.953. The van der Waals surface area contributed by atoms with E-state index in [-0.39, 0.29) is 41.8 Å². The van der Waals surface area contributed by atoms with Crippen molar-refractivity contribution in [2.24, 2.45) is 17.6 Å². The van der Waals surface area contributed by atoms with Gasteiger partial charge in [0, 0.05) is 47.6 Å². The third-order valence-electron chi connectivity index (χ3n) is 7.38. The summed E-state index contributed by atoms with van der Waals surface area (Å²) in [4.78, 5) is 56.8. The Bertz CT molecular complexity index is 1160. The number of aromatic nitrogens is 2. The van der Waals surface area contributed by atoms with E-state index in [0.717, 1.165) is 0 Å². The molecule has 0 aromatic carbocycles. The molecule has 1 aromatic heterocycles. The predicted molar refractivity (Wildman–Crippen MR) is 137 cm³/mol. The summed E-state index contributed by atoms with van der Waals surface area (Å²) in [6.45, 7) is 7.90. The highest BCUT2D eigenvalue weighted by Crippen LogP contribution is 2.52. The molecule has 0 unspecified atom stereocenters. The first-order chi connectivity index (χ1) is 18.0. The number of carboxylic acid groups (broad SMARTS) is 1. The number of imidazole rings is 1. The number of aryl methyl sites for hydroxylation is 1. The van der Waals surface area contributed by atoms with Gasteiger partial charge in [-0.15, -0.1) is 11.8 Å². The molecule has 4 N–H and O–H groups in total. The number of thioether (sulfide) groups is 1. The van der Waals surface area contributed by atoms with Crippen LogP contribution in [0.3, 0.4) is 0 Å². The highest BCUT2D eigenvalue weighted by Gasteiger charge is 2.60. The van der Waals surface area contributed by atoms with Crippen LogP contribution in [0.1, 0.15) is 32.5 Å². The second-order valence-electron chi connectivity index (χ2n) is 9.89. The fourth-order valence-corrected chi connectivity index (χ4v) is 7.25. The van der Waals surface area contributed by atoms with Crippen molar-refractivity contribution in [3.63, 3.8) is 0 Å². The Balaban J connectivity index is 1.52. The van der Waals surface area contributed by atoms with Crippen molar-refractivity contribution < 1.29 is 34.1 Å². The Morgan fingerprint density at radius 3 is 2.76 bits per heavy atom. The first-order valence-electron chi connectivity index (χ1n) is 12.5. The first-order valence-corrected chi connectivity index (χ1v) is 13.4. The molecule has 1 aromatic rings. The van der Waals surface area contributed by atoms with E-state index in [0.29, 0.717) is 36.7 Å². The lowest BCUT2D eigenvalue weighted by Gasteiger charge is -2.46. The fraction of sp³-hybridized carbons (Fsp3) is 0.560. The van der Waals surface area contributed by atoms with Gasteiger partial charge in [0.05, 0.1) is 24.5 Å². The van der Waals surface area contributed by atoms with Gasteiger partial charge in [-0.25, -0.2) is 14.6 Å². The number of aliphatic hydroxyl groups is 1. The van der Waals surface area contributed by atoms with Gasteiger partial charge in [0.2, 0.25) is 11.8 Å². The molecule has 6 atom stereocenters. The number of ether oxygens (including phenoxy) is 1. The minimum atomic E-state index is -1.18. The molecule has 0 aliphatic carbocycles. The van der Waals surface area contributed by atoms with Gasteiger partial charge in [0.25, 0.3) is 0 Å². The van der Waals surface area contributed by atoms with Gasteiger partial charge >= 0.3 is 12.1 Å². The lowest BCUT2D eigenvalue weighted by atomic mass is 9.79. The van der Waals surface area contributed by atoms with E-state index in [1.54, 1.807) is 24.2 Å². The van der Waals surface area contributed by atoms with E-state index in [4.69, 9.17) is 10.5 Å². The van der Waals surface area contributed by atoms with Gasteiger partial charge < -0.3 is 35.1 Å². The molecular formula is C25H33N5O7S. The van der Waals surface area contributed by atoms with Crippen LogP contribution in [0.2, 0.25) is 0 Å². The van der Waals surface area contributed by atoms with Crippen LogP contribution < -0.4 is 5.73 Å². The van der Waals surface area contributed by atoms with Gasteiger partial charge in [0.15, 0.2) is 0 Å². The minimum absolute atomic E-state index is 0.00901. The maximum Gasteiger partial charge on any atom is 0.410 e. The lowest BCUT2D eigenvalue weighted by Crippen LogP contribution is -2.63. The van der Waals surface area contributed by atoms with Gasteiger partial charge in [-0.3, -0.25) is 9.59 Å². The molecule has 3 amide bonds. The Labute approximate surface area is 224 Å². The third kappa shape index (κ3) is 5.17. The number of likely N-dealkylation sites (tertiary alicyclic amines) is 1. The molecule has 0 saturated carbocycles. The Morgan fingerprint density at radius 2 is 2.13 bits per heavy atom. The average molecular weight is 548 g/mol. The van der Waals surface area contributed by atoms with E-state index < -0.39 is 36.0 Å². The molecule has 2 saturated heterocycles. The number of fused-ring (bicyclic) bond motifs is 1. The van der Waals surface area contributed by atoms with E-state index >= 15 is 0 Å². The van der Waals surface area contributed by atoms with E-state index in [9.17, 15) is 29.4 Å². The maximum absolute atomic E-state index is 12.9. The van der Waals surface area contributed by atoms with E-state index in [1.807, 2.05) is 11.5 Å². The number of nitrogens with two attached hydrogens (primary N) is 1. The molecule has 4 rings (SSSR count). The number of carbonyl (C=O) groups excluding carboxylic acids is 3. The summed E-state index contributed by atoms with van der Waals surface area (Å²) >= 11 is 1.38. The number of hydrogen-bond acceptors (Lipinski definition) is 8. The number of aliphatic carboxylic acids is 1. The van der Waals surface area contributed by atoms with Crippen molar-refractivity contribution in [1.29, 1.82) is 0 Å². The highest BCUT2D eigenvalue weighted by atomic mass is 32.2. The summed E-state index contributed by atoms with van der Waals surface area (Å²) in [6, 6.07) is -0.602. The summed E-state index contributed by atoms with van der Waals surface area (Å²) in [7, 11) is 0. The molecule has 206 valence electrons. The molecular weight excluding hydrogens is 514 g/mol. The zero-order chi connectivity index (χ0) is 27.7. The highest BCUT2D eigenvalue weighted by molar-refractivity contribution is 8.03. The van der Waals surface area contributed by atoms with Crippen LogP contribution in [0.25, 0.3) is 0 Å². The van der Waals surface area contributed by atoms with Crippen molar-refractivity contribution in [3.8, 4) is 0 Å². The number of aliphatic hydroxyl groups excluding tert-OH is 1. The van der Waals surface area contributed by atoms with Crippen LogP contribution in [0.4, 0.5) is 4.79 Å². The quantitative estimate of drug-likeness (QED) is 0.270. The maximum atomic E-state index is 12.9. The van der Waals surface area contributed by atoms with Gasteiger partial charge in [0.1, 0.15) is 18.1 Å². The molecule has 12 nitrogen and oxygen atoms in total. The van der Waals surface area contributed by atoms with Crippen LogP contribution in [0.5, 0.6) is 0 Å². The number of primary amides is 1. The summed E-state index contributed by atoms with van der Waals surface area (Å²) in [6.07, 6.45) is 4.61. The number of amides is 3. The van der Waals surface area contributed by atoms with Crippen molar-refractivity contribution in [2.45, 2.75) is 63.1 Å². The topological polar surface area (TPSA) is 168 Å². The standard InChI is InChI=1S/C25H33N5O7S/c1-4-9-37-25(36)29-12-16(10-15(29)5-7-28-8-6-27-18(28)11-17(26)32)38-22-13(2)20-19(14(3)31)23(33)30(20)21(22)24(34)35/h4,6,8,13-16,19-20,31H,1,5,7,9-12H2,2-3H3,(H2,26,32)(H,34,35)/t13-,14-,15+,16+,19-,20-/m1/s1. The van der Waals surface area contributed by atoms with E-state index in [1.165, 1.54) is 22.7 Å². The zero-order valence-corrected chi connectivity index (χ0v) is 22.2. The minimum Gasteiger partial charge on any atom is -0.477 e. The van der Waals surface area contributed by atoms with Crippen LogP contribution in [-0.4, -0.2) is 90.0 Å². The van der Waals surface area contributed by atoms with E-state index in [2.05, 4.69) is 11.6 Å². The monoisotopic (exact) mass is 547 g/mol. The largest absolute Gasteiger partial charge is 0.477 e. The smallest absolute Gasteiger partial charge is 0.410 e. The molecule has 0 bridgehead atoms. The number of β-lactam (4-membered cyclic amide) rings is 1. The number of hydrogen-bond donors (Lipinski definition) is 3. The van der Waals surface area contributed by atoms with Crippen LogP contribution >= 0.6 is 11.8 Å². The molecule has 3 aliphatic rings. The molecule has 38 heavy (non-hydrogen) atoms.